The number of hydrogen-bond donors (Lipinski definition) is 2. The molecule has 100 valence electrons. The molecule has 1 atom stereocenters. The van der Waals surface area contributed by atoms with Gasteiger partial charge in [0.1, 0.15) is 10.7 Å². The van der Waals surface area contributed by atoms with E-state index in [2.05, 4.69) is 10.4 Å². The summed E-state index contributed by atoms with van der Waals surface area (Å²) in [5.74, 6) is 5.65. The summed E-state index contributed by atoms with van der Waals surface area (Å²) in [6.07, 6.45) is 4.05. The predicted octanol–water partition coefficient (Wildman–Crippen LogP) is 0.930. The molecular weight excluding hydrogens is 252 g/mol. The Hall–Kier alpha value is -1.18. The lowest BCUT2D eigenvalue weighted by Crippen LogP contribution is -2.35. The number of sulfonamides is 1. The molecule has 1 aromatic heterocycles. The minimum atomic E-state index is -3.42. The van der Waals surface area contributed by atoms with E-state index in [9.17, 15) is 8.42 Å². The van der Waals surface area contributed by atoms with Gasteiger partial charge in [0.15, 0.2) is 0 Å². The van der Waals surface area contributed by atoms with Crippen LogP contribution in [0, 0.1) is 0 Å². The Morgan fingerprint density at radius 3 is 2.89 bits per heavy atom. The van der Waals surface area contributed by atoms with Crippen molar-refractivity contribution >= 4 is 15.8 Å². The molecule has 18 heavy (non-hydrogen) atoms. The number of hydrazine groups is 1. The molecule has 1 saturated heterocycles. The SMILES string of the molecule is CCC1CCCN1S(=O)(=O)c1ccc(NN)nc1. The first-order valence-corrected chi connectivity index (χ1v) is 7.48. The molecule has 0 aliphatic carbocycles. The van der Waals surface area contributed by atoms with Gasteiger partial charge in [-0.1, -0.05) is 6.92 Å². The van der Waals surface area contributed by atoms with Gasteiger partial charge in [0.05, 0.1) is 0 Å². The maximum absolute atomic E-state index is 12.4. The normalized spacial score (nSPS) is 21.1. The standard InChI is InChI=1S/C11H18N4O2S/c1-2-9-4-3-7-15(9)18(16,17)10-5-6-11(14-12)13-8-10/h5-6,8-9H,2-4,7,12H2,1H3,(H,13,14). The Morgan fingerprint density at radius 2 is 2.33 bits per heavy atom. The van der Waals surface area contributed by atoms with E-state index >= 15 is 0 Å². The van der Waals surface area contributed by atoms with Crippen LogP contribution in [0.2, 0.25) is 0 Å². The third-order valence-electron chi connectivity index (χ3n) is 3.29. The second-order valence-electron chi connectivity index (χ2n) is 4.34. The van der Waals surface area contributed by atoms with Crippen molar-refractivity contribution in [1.82, 2.24) is 9.29 Å². The lowest BCUT2D eigenvalue weighted by Gasteiger charge is -2.22. The molecule has 1 fully saturated rings. The number of pyridine rings is 1. The highest BCUT2D eigenvalue weighted by Crippen LogP contribution is 2.27. The topological polar surface area (TPSA) is 88.3 Å². The number of nitrogens with one attached hydrogen (secondary N) is 1. The van der Waals surface area contributed by atoms with Crippen molar-refractivity contribution in [1.29, 1.82) is 0 Å². The van der Waals surface area contributed by atoms with Gasteiger partial charge in [0.2, 0.25) is 10.0 Å². The van der Waals surface area contributed by atoms with E-state index in [1.54, 1.807) is 10.4 Å². The number of nitrogen functional groups attached to an aromatic ring is 1. The summed E-state index contributed by atoms with van der Waals surface area (Å²) in [5.41, 5.74) is 2.38. The summed E-state index contributed by atoms with van der Waals surface area (Å²) in [5, 5.41) is 0. The summed E-state index contributed by atoms with van der Waals surface area (Å²) in [6.45, 7) is 2.61. The van der Waals surface area contributed by atoms with Crippen molar-refractivity contribution in [2.75, 3.05) is 12.0 Å². The third kappa shape index (κ3) is 2.33. The van der Waals surface area contributed by atoms with Gasteiger partial charge < -0.3 is 5.43 Å². The Bertz CT molecular complexity index is 500. The van der Waals surface area contributed by atoms with Gasteiger partial charge >= 0.3 is 0 Å². The van der Waals surface area contributed by atoms with E-state index in [4.69, 9.17) is 5.84 Å². The average molecular weight is 270 g/mol. The zero-order chi connectivity index (χ0) is 13.2. The summed E-state index contributed by atoms with van der Waals surface area (Å²) in [7, 11) is -3.42. The van der Waals surface area contributed by atoms with Crippen LogP contribution < -0.4 is 11.3 Å². The molecule has 1 unspecified atom stereocenters. The Kier molecular flexibility index (Phi) is 3.84. The molecule has 0 aromatic carbocycles. The minimum absolute atomic E-state index is 0.113. The molecule has 0 radical (unpaired) electrons. The molecule has 2 heterocycles. The lowest BCUT2D eigenvalue weighted by molar-refractivity contribution is 0.379. The first kappa shape index (κ1) is 13.3. The van der Waals surface area contributed by atoms with Gasteiger partial charge in [-0.05, 0) is 31.4 Å². The summed E-state index contributed by atoms with van der Waals surface area (Å²) in [6, 6.07) is 3.20. The summed E-state index contributed by atoms with van der Waals surface area (Å²) < 4.78 is 26.5. The molecule has 0 bridgehead atoms. The van der Waals surface area contributed by atoms with Crippen LogP contribution in [0.4, 0.5) is 5.82 Å². The quantitative estimate of drug-likeness (QED) is 0.627. The molecule has 1 aromatic rings. The number of aromatic nitrogens is 1. The number of nitrogens with zero attached hydrogens (tertiary/aromatic N) is 2. The number of nitrogens with two attached hydrogens (primary N) is 1. The van der Waals surface area contributed by atoms with Gasteiger partial charge in [-0.15, -0.1) is 0 Å². The van der Waals surface area contributed by atoms with Crippen LogP contribution in [0.3, 0.4) is 0 Å². The second-order valence-corrected chi connectivity index (χ2v) is 6.23. The van der Waals surface area contributed by atoms with E-state index in [0.717, 1.165) is 19.3 Å². The smallest absolute Gasteiger partial charge is 0.244 e. The Labute approximate surface area is 107 Å². The van der Waals surface area contributed by atoms with Gasteiger partial charge in [-0.2, -0.15) is 4.31 Å². The fourth-order valence-corrected chi connectivity index (χ4v) is 4.00. The highest BCUT2D eigenvalue weighted by atomic mass is 32.2. The van der Waals surface area contributed by atoms with Crippen molar-refractivity contribution in [3.63, 3.8) is 0 Å². The molecule has 0 saturated carbocycles. The summed E-state index contributed by atoms with van der Waals surface area (Å²) in [4.78, 5) is 4.17. The lowest BCUT2D eigenvalue weighted by atomic mass is 10.2. The van der Waals surface area contributed by atoms with Gasteiger partial charge in [0.25, 0.3) is 0 Å². The molecule has 0 spiro atoms. The van der Waals surface area contributed by atoms with E-state index in [1.165, 1.54) is 12.3 Å². The zero-order valence-electron chi connectivity index (χ0n) is 10.3. The molecule has 7 heteroatoms. The van der Waals surface area contributed by atoms with Crippen molar-refractivity contribution in [2.45, 2.75) is 37.1 Å². The molecule has 0 amide bonds. The monoisotopic (exact) mass is 270 g/mol. The summed E-state index contributed by atoms with van der Waals surface area (Å²) >= 11 is 0. The van der Waals surface area contributed by atoms with Crippen molar-refractivity contribution in [3.8, 4) is 0 Å². The van der Waals surface area contributed by atoms with Gasteiger partial charge in [-0.3, -0.25) is 0 Å². The van der Waals surface area contributed by atoms with Crippen LogP contribution in [-0.2, 0) is 10.0 Å². The Balaban J connectivity index is 2.29. The fourth-order valence-electron chi connectivity index (χ4n) is 2.29. The fraction of sp³-hybridized carbons (Fsp3) is 0.545. The molecule has 2 rings (SSSR count). The van der Waals surface area contributed by atoms with Crippen LogP contribution in [0.5, 0.6) is 0 Å². The van der Waals surface area contributed by atoms with Crippen molar-refractivity contribution in [2.24, 2.45) is 5.84 Å². The average Bonchev–Trinajstić information content (AvgIpc) is 2.88. The molecule has 6 nitrogen and oxygen atoms in total. The number of rotatable bonds is 4. The van der Waals surface area contributed by atoms with E-state index in [1.807, 2.05) is 6.92 Å². The number of anilines is 1. The molecule has 3 N–H and O–H groups in total. The first-order valence-electron chi connectivity index (χ1n) is 6.04. The predicted molar refractivity (Wildman–Crippen MR) is 69.3 cm³/mol. The highest BCUT2D eigenvalue weighted by molar-refractivity contribution is 7.89. The maximum Gasteiger partial charge on any atom is 0.244 e. The van der Waals surface area contributed by atoms with E-state index < -0.39 is 10.0 Å². The first-order chi connectivity index (χ1) is 8.59. The van der Waals surface area contributed by atoms with Gasteiger partial charge in [0, 0.05) is 18.8 Å². The van der Waals surface area contributed by atoms with Crippen LogP contribution in [0.25, 0.3) is 0 Å². The van der Waals surface area contributed by atoms with Crippen LogP contribution >= 0.6 is 0 Å². The van der Waals surface area contributed by atoms with E-state index in [-0.39, 0.29) is 10.9 Å². The molecule has 1 aliphatic heterocycles. The van der Waals surface area contributed by atoms with Crippen LogP contribution in [0.15, 0.2) is 23.2 Å². The number of hydrogen-bond acceptors (Lipinski definition) is 5. The van der Waals surface area contributed by atoms with Crippen LogP contribution in [-0.4, -0.2) is 30.3 Å². The largest absolute Gasteiger partial charge is 0.308 e. The van der Waals surface area contributed by atoms with Gasteiger partial charge in [-0.25, -0.2) is 19.2 Å². The van der Waals surface area contributed by atoms with Crippen molar-refractivity contribution in [3.05, 3.63) is 18.3 Å². The maximum atomic E-state index is 12.4. The second kappa shape index (κ2) is 5.21. The van der Waals surface area contributed by atoms with Crippen molar-refractivity contribution < 1.29 is 8.42 Å². The molecule has 1 aliphatic rings. The zero-order valence-corrected chi connectivity index (χ0v) is 11.2. The van der Waals surface area contributed by atoms with Crippen LogP contribution in [0.1, 0.15) is 26.2 Å². The highest BCUT2D eigenvalue weighted by Gasteiger charge is 2.34. The van der Waals surface area contributed by atoms with E-state index in [0.29, 0.717) is 12.4 Å². The Morgan fingerprint density at radius 1 is 1.56 bits per heavy atom. The third-order valence-corrected chi connectivity index (χ3v) is 5.22. The molecular formula is C11H18N4O2S. The minimum Gasteiger partial charge on any atom is -0.308 e.